The van der Waals surface area contributed by atoms with Gasteiger partial charge >= 0.3 is 0 Å². The number of amides is 1. The van der Waals surface area contributed by atoms with E-state index in [1.807, 2.05) is 31.2 Å². The molecule has 1 amide bonds. The fourth-order valence-electron chi connectivity index (χ4n) is 2.95. The van der Waals surface area contributed by atoms with Gasteiger partial charge in [-0.2, -0.15) is 0 Å². The Labute approximate surface area is 148 Å². The Hall–Kier alpha value is -2.47. The number of piperazine rings is 1. The highest BCUT2D eigenvalue weighted by Crippen LogP contribution is 2.18. The van der Waals surface area contributed by atoms with Crippen LogP contribution >= 0.6 is 0 Å². The van der Waals surface area contributed by atoms with E-state index in [1.54, 1.807) is 6.07 Å². The fourth-order valence-corrected chi connectivity index (χ4v) is 2.95. The van der Waals surface area contributed by atoms with E-state index in [0.29, 0.717) is 11.6 Å². The first-order chi connectivity index (χ1) is 12.1. The zero-order valence-corrected chi connectivity index (χ0v) is 15.1. The summed E-state index contributed by atoms with van der Waals surface area (Å²) in [5.41, 5.74) is 3.17. The molecule has 25 heavy (non-hydrogen) atoms. The molecule has 1 aliphatic rings. The smallest absolute Gasteiger partial charge is 0.274 e. The predicted octanol–water partition coefficient (Wildman–Crippen LogP) is 2.35. The van der Waals surface area contributed by atoms with Crippen molar-refractivity contribution in [1.29, 1.82) is 0 Å². The molecule has 0 spiro atoms. The van der Waals surface area contributed by atoms with Gasteiger partial charge in [0.25, 0.3) is 5.91 Å². The number of hydrogen-bond donors (Lipinski definition) is 1. The van der Waals surface area contributed by atoms with Gasteiger partial charge in [-0.3, -0.25) is 4.79 Å². The molecule has 3 rings (SSSR count). The third kappa shape index (κ3) is 4.14. The summed E-state index contributed by atoms with van der Waals surface area (Å²) in [6.45, 7) is 7.67. The average molecular weight is 339 g/mol. The Morgan fingerprint density at radius 3 is 2.60 bits per heavy atom. The van der Waals surface area contributed by atoms with Gasteiger partial charge in [0.15, 0.2) is 0 Å². The molecule has 1 N–H and O–H groups in total. The van der Waals surface area contributed by atoms with Crippen molar-refractivity contribution in [2.24, 2.45) is 0 Å². The van der Waals surface area contributed by atoms with Crippen LogP contribution in [-0.4, -0.2) is 54.0 Å². The van der Waals surface area contributed by atoms with Crippen molar-refractivity contribution >= 4 is 17.5 Å². The zero-order valence-electron chi connectivity index (χ0n) is 15.1. The lowest BCUT2D eigenvalue weighted by molar-refractivity contribution is 0.102. The number of benzene rings is 1. The molecule has 1 aliphatic heterocycles. The number of aryl methyl sites for hydroxylation is 2. The topological polar surface area (TPSA) is 61.4 Å². The second-order valence-electron chi connectivity index (χ2n) is 6.45. The van der Waals surface area contributed by atoms with Crippen LogP contribution in [0.4, 0.5) is 11.6 Å². The van der Waals surface area contributed by atoms with Gasteiger partial charge in [0.2, 0.25) is 5.95 Å². The Kier molecular flexibility index (Phi) is 5.28. The van der Waals surface area contributed by atoms with Gasteiger partial charge in [-0.25, -0.2) is 9.97 Å². The number of aromatic nitrogens is 2. The van der Waals surface area contributed by atoms with Crippen molar-refractivity contribution in [3.05, 3.63) is 47.3 Å². The second-order valence-corrected chi connectivity index (χ2v) is 6.45. The van der Waals surface area contributed by atoms with Crippen LogP contribution in [0.3, 0.4) is 0 Å². The van der Waals surface area contributed by atoms with E-state index in [9.17, 15) is 4.79 Å². The van der Waals surface area contributed by atoms with Gasteiger partial charge in [-0.05, 0) is 38.1 Å². The standard InChI is InChI=1S/C19H25N5O/c1-4-15-7-5-6-8-16(15)21-18(25)17-13-14(2)20-19(22-17)24-11-9-23(3)10-12-24/h5-8,13H,4,9-12H2,1-3H3,(H,21,25). The van der Waals surface area contributed by atoms with Crippen molar-refractivity contribution in [3.63, 3.8) is 0 Å². The summed E-state index contributed by atoms with van der Waals surface area (Å²) >= 11 is 0. The number of likely N-dealkylation sites (N-methyl/N-ethyl adjacent to an activating group) is 1. The van der Waals surface area contributed by atoms with Gasteiger partial charge in [0, 0.05) is 37.6 Å². The molecular weight excluding hydrogens is 314 g/mol. The molecule has 0 aliphatic carbocycles. The van der Waals surface area contributed by atoms with Crippen LogP contribution in [0.15, 0.2) is 30.3 Å². The molecule has 0 radical (unpaired) electrons. The zero-order chi connectivity index (χ0) is 17.8. The number of anilines is 2. The maximum Gasteiger partial charge on any atom is 0.274 e. The van der Waals surface area contributed by atoms with E-state index >= 15 is 0 Å². The lowest BCUT2D eigenvalue weighted by Crippen LogP contribution is -2.45. The lowest BCUT2D eigenvalue weighted by atomic mass is 10.1. The van der Waals surface area contributed by atoms with Gasteiger partial charge in [0.05, 0.1) is 0 Å². The summed E-state index contributed by atoms with van der Waals surface area (Å²) < 4.78 is 0. The van der Waals surface area contributed by atoms with Crippen LogP contribution in [0.5, 0.6) is 0 Å². The van der Waals surface area contributed by atoms with Crippen molar-refractivity contribution < 1.29 is 4.79 Å². The quantitative estimate of drug-likeness (QED) is 0.926. The maximum absolute atomic E-state index is 12.7. The maximum atomic E-state index is 12.7. The van der Waals surface area contributed by atoms with Crippen LogP contribution in [0.1, 0.15) is 28.7 Å². The van der Waals surface area contributed by atoms with Gasteiger partial charge in [0.1, 0.15) is 5.69 Å². The Balaban J connectivity index is 1.81. The molecule has 0 bridgehead atoms. The third-order valence-corrected chi connectivity index (χ3v) is 4.51. The number of nitrogens with zero attached hydrogens (tertiary/aromatic N) is 4. The number of nitrogens with one attached hydrogen (secondary N) is 1. The van der Waals surface area contributed by atoms with Crippen LogP contribution < -0.4 is 10.2 Å². The van der Waals surface area contributed by atoms with E-state index in [4.69, 9.17) is 0 Å². The number of carbonyl (C=O) groups is 1. The summed E-state index contributed by atoms with van der Waals surface area (Å²) in [5.74, 6) is 0.448. The molecule has 1 fully saturated rings. The Morgan fingerprint density at radius 2 is 1.88 bits per heavy atom. The molecule has 2 heterocycles. The summed E-state index contributed by atoms with van der Waals surface area (Å²) in [6, 6.07) is 9.59. The first kappa shape index (κ1) is 17.4. The lowest BCUT2D eigenvalue weighted by Gasteiger charge is -2.32. The van der Waals surface area contributed by atoms with Gasteiger partial charge < -0.3 is 15.1 Å². The summed E-state index contributed by atoms with van der Waals surface area (Å²) in [4.78, 5) is 26.2. The van der Waals surface area contributed by atoms with Crippen molar-refractivity contribution in [1.82, 2.24) is 14.9 Å². The minimum absolute atomic E-state index is 0.193. The number of para-hydroxylation sites is 1. The molecular formula is C19H25N5O. The molecule has 132 valence electrons. The molecule has 0 atom stereocenters. The van der Waals surface area contributed by atoms with Gasteiger partial charge in [-0.1, -0.05) is 25.1 Å². The van der Waals surface area contributed by atoms with E-state index in [2.05, 4.69) is 39.1 Å². The SMILES string of the molecule is CCc1ccccc1NC(=O)c1cc(C)nc(N2CCN(C)CC2)n1. The van der Waals surface area contributed by atoms with Gasteiger partial charge in [-0.15, -0.1) is 0 Å². The molecule has 1 aromatic heterocycles. The summed E-state index contributed by atoms with van der Waals surface area (Å²) in [6.07, 6.45) is 0.867. The molecule has 0 saturated carbocycles. The number of hydrogen-bond acceptors (Lipinski definition) is 5. The first-order valence-corrected chi connectivity index (χ1v) is 8.75. The second kappa shape index (κ2) is 7.61. The normalized spacial score (nSPS) is 15.2. The van der Waals surface area contributed by atoms with Crippen LogP contribution in [0, 0.1) is 6.92 Å². The van der Waals surface area contributed by atoms with Crippen molar-refractivity contribution in [2.75, 3.05) is 43.4 Å². The summed E-state index contributed by atoms with van der Waals surface area (Å²) in [7, 11) is 2.11. The average Bonchev–Trinajstić information content (AvgIpc) is 2.62. The molecule has 1 aromatic carbocycles. The number of carbonyl (C=O) groups excluding carboxylic acids is 1. The Morgan fingerprint density at radius 1 is 1.16 bits per heavy atom. The van der Waals surface area contributed by atoms with E-state index in [0.717, 1.165) is 49.5 Å². The largest absolute Gasteiger partial charge is 0.338 e. The van der Waals surface area contributed by atoms with E-state index in [1.165, 1.54) is 0 Å². The molecule has 0 unspecified atom stereocenters. The highest BCUT2D eigenvalue weighted by Gasteiger charge is 2.19. The fraction of sp³-hybridized carbons (Fsp3) is 0.421. The molecule has 6 nitrogen and oxygen atoms in total. The van der Waals surface area contributed by atoms with Crippen LogP contribution in [-0.2, 0) is 6.42 Å². The highest BCUT2D eigenvalue weighted by molar-refractivity contribution is 6.03. The highest BCUT2D eigenvalue weighted by atomic mass is 16.1. The molecule has 1 saturated heterocycles. The predicted molar refractivity (Wildman–Crippen MR) is 100 cm³/mol. The minimum atomic E-state index is -0.193. The van der Waals surface area contributed by atoms with E-state index in [-0.39, 0.29) is 5.91 Å². The van der Waals surface area contributed by atoms with Crippen molar-refractivity contribution in [3.8, 4) is 0 Å². The first-order valence-electron chi connectivity index (χ1n) is 8.75. The monoisotopic (exact) mass is 339 g/mol. The van der Waals surface area contributed by atoms with E-state index < -0.39 is 0 Å². The Bertz CT molecular complexity index is 753. The van der Waals surface area contributed by atoms with Crippen LogP contribution in [0.2, 0.25) is 0 Å². The van der Waals surface area contributed by atoms with Crippen LogP contribution in [0.25, 0.3) is 0 Å². The summed E-state index contributed by atoms with van der Waals surface area (Å²) in [5, 5.41) is 2.99. The minimum Gasteiger partial charge on any atom is -0.338 e. The number of rotatable bonds is 4. The van der Waals surface area contributed by atoms with Crippen molar-refractivity contribution in [2.45, 2.75) is 20.3 Å². The molecule has 6 heteroatoms. The third-order valence-electron chi connectivity index (χ3n) is 4.51. The molecule has 2 aromatic rings.